The zero-order valence-corrected chi connectivity index (χ0v) is 17.5. The number of thioether (sulfide) groups is 1. The molecule has 0 bridgehead atoms. The molecule has 2 amide bonds. The van der Waals surface area contributed by atoms with Gasteiger partial charge in [-0.25, -0.2) is 4.79 Å². The van der Waals surface area contributed by atoms with Crippen molar-refractivity contribution in [2.45, 2.75) is 30.3 Å². The number of amides is 2. The van der Waals surface area contributed by atoms with Gasteiger partial charge in [-0.3, -0.25) is 19.3 Å². The maximum absolute atomic E-state index is 12.7. The van der Waals surface area contributed by atoms with Gasteiger partial charge in [0.25, 0.3) is 5.91 Å². The number of aliphatic carboxylic acids is 1. The molecule has 1 aromatic rings. The van der Waals surface area contributed by atoms with Crippen molar-refractivity contribution in [2.75, 3.05) is 12.8 Å². The molecule has 162 valence electrons. The summed E-state index contributed by atoms with van der Waals surface area (Å²) in [6.45, 7) is 0. The van der Waals surface area contributed by atoms with Crippen LogP contribution in [0.25, 0.3) is 0 Å². The summed E-state index contributed by atoms with van der Waals surface area (Å²) < 4.78 is 0. The van der Waals surface area contributed by atoms with Gasteiger partial charge in [0.2, 0.25) is 5.91 Å². The van der Waals surface area contributed by atoms with Gasteiger partial charge < -0.3 is 15.3 Å². The third-order valence-electron chi connectivity index (χ3n) is 5.33. The van der Waals surface area contributed by atoms with Crippen LogP contribution in [-0.2, 0) is 30.4 Å². The molecule has 0 aliphatic carbocycles. The third-order valence-corrected chi connectivity index (χ3v) is 6.63. The van der Waals surface area contributed by atoms with E-state index in [1.165, 1.54) is 21.7 Å². The lowest BCUT2D eigenvalue weighted by atomic mass is 10.0. The van der Waals surface area contributed by atoms with E-state index in [0.717, 1.165) is 5.56 Å². The molecule has 3 aliphatic heterocycles. The quantitative estimate of drug-likeness (QED) is 0.617. The van der Waals surface area contributed by atoms with Crippen LogP contribution in [0.3, 0.4) is 0 Å². The second kappa shape index (κ2) is 8.56. The number of likely N-dealkylation sites (N-methyl/N-ethyl adjacent to an activating group) is 1. The molecule has 2 fully saturated rings. The zero-order valence-electron chi connectivity index (χ0n) is 16.7. The molecule has 0 saturated carbocycles. The Bertz CT molecular complexity index is 992. The van der Waals surface area contributed by atoms with Gasteiger partial charge in [-0.05, 0) is 11.1 Å². The van der Waals surface area contributed by atoms with Crippen molar-refractivity contribution in [3.8, 4) is 0 Å². The van der Waals surface area contributed by atoms with E-state index < -0.39 is 23.3 Å². The Hall–Kier alpha value is -3.11. The molecular weight excluding hydrogens is 422 g/mol. The van der Waals surface area contributed by atoms with E-state index in [1.54, 1.807) is 19.2 Å². The summed E-state index contributed by atoms with van der Waals surface area (Å²) in [5, 5.41) is 13.4. The number of benzene rings is 1. The van der Waals surface area contributed by atoms with Crippen LogP contribution in [0, 0.1) is 0 Å². The second-order valence-corrected chi connectivity index (χ2v) is 8.54. The fraction of sp³-hybridized carbons (Fsp3) is 0.333. The van der Waals surface area contributed by atoms with Gasteiger partial charge in [0, 0.05) is 12.8 Å². The number of hydroxylamine groups is 2. The van der Waals surface area contributed by atoms with E-state index in [-0.39, 0.29) is 36.5 Å². The standard InChI is InChI=1S/C21H21N3O6S/c1-23-14(10-16(26)30-23)8-7-13-11-31-20-17(19(27)24(20)18(13)21(28)29)22-15(25)9-12-5-3-2-4-6-12/h2-8,14,17,20H,9-11H2,1H3,(H,22,25)(H,28,29)/t14?,17?,20-/m1/s1. The molecule has 10 heteroatoms. The molecule has 3 aliphatic rings. The van der Waals surface area contributed by atoms with Crippen molar-refractivity contribution in [1.29, 1.82) is 0 Å². The van der Waals surface area contributed by atoms with Gasteiger partial charge >= 0.3 is 11.9 Å². The van der Waals surface area contributed by atoms with Crippen LogP contribution in [0.5, 0.6) is 0 Å². The van der Waals surface area contributed by atoms with Gasteiger partial charge in [-0.1, -0.05) is 42.5 Å². The van der Waals surface area contributed by atoms with Crippen molar-refractivity contribution in [1.82, 2.24) is 15.3 Å². The highest BCUT2D eigenvalue weighted by molar-refractivity contribution is 8.00. The molecule has 3 atom stereocenters. The number of β-lactam (4-membered cyclic amide) rings is 1. The van der Waals surface area contributed by atoms with Crippen LogP contribution >= 0.6 is 11.8 Å². The molecule has 2 N–H and O–H groups in total. The molecule has 9 nitrogen and oxygen atoms in total. The van der Waals surface area contributed by atoms with Gasteiger partial charge in [-0.15, -0.1) is 16.8 Å². The highest BCUT2D eigenvalue weighted by Crippen LogP contribution is 2.40. The number of carbonyl (C=O) groups is 4. The molecule has 3 heterocycles. The fourth-order valence-electron chi connectivity index (χ4n) is 3.76. The number of rotatable bonds is 6. The molecule has 0 aromatic heterocycles. The summed E-state index contributed by atoms with van der Waals surface area (Å²) >= 11 is 1.39. The van der Waals surface area contributed by atoms with Crippen LogP contribution in [0.15, 0.2) is 53.8 Å². The van der Waals surface area contributed by atoms with Gasteiger partial charge in [0.15, 0.2) is 0 Å². The highest BCUT2D eigenvalue weighted by atomic mass is 32.2. The van der Waals surface area contributed by atoms with E-state index in [1.807, 2.05) is 30.3 Å². The molecule has 1 aromatic carbocycles. The second-order valence-electron chi connectivity index (χ2n) is 7.44. The maximum atomic E-state index is 12.7. The molecule has 0 radical (unpaired) electrons. The van der Waals surface area contributed by atoms with Crippen molar-refractivity contribution < 1.29 is 29.1 Å². The largest absolute Gasteiger partial charge is 0.477 e. The lowest BCUT2D eigenvalue weighted by Gasteiger charge is -2.49. The van der Waals surface area contributed by atoms with E-state index in [9.17, 15) is 24.3 Å². The van der Waals surface area contributed by atoms with Gasteiger partial charge in [-0.2, -0.15) is 0 Å². The zero-order chi connectivity index (χ0) is 22.1. The van der Waals surface area contributed by atoms with Crippen LogP contribution in [0.1, 0.15) is 12.0 Å². The smallest absolute Gasteiger partial charge is 0.352 e. The van der Waals surface area contributed by atoms with E-state index in [2.05, 4.69) is 5.32 Å². The summed E-state index contributed by atoms with van der Waals surface area (Å²) in [6, 6.07) is 8.13. The monoisotopic (exact) mass is 443 g/mol. The Kier molecular flexibility index (Phi) is 5.84. The molecule has 4 rings (SSSR count). The number of nitrogens with one attached hydrogen (secondary N) is 1. The summed E-state index contributed by atoms with van der Waals surface area (Å²) in [6.07, 6.45) is 3.65. The minimum atomic E-state index is -1.21. The van der Waals surface area contributed by atoms with Crippen LogP contribution in [0.2, 0.25) is 0 Å². The van der Waals surface area contributed by atoms with Crippen molar-refractivity contribution in [3.05, 3.63) is 59.3 Å². The first kappa shape index (κ1) is 21.1. The average Bonchev–Trinajstić information content (AvgIpc) is 3.07. The van der Waals surface area contributed by atoms with Crippen LogP contribution in [-0.4, -0.2) is 69.1 Å². The summed E-state index contributed by atoms with van der Waals surface area (Å²) in [7, 11) is 1.62. The van der Waals surface area contributed by atoms with E-state index in [4.69, 9.17) is 4.84 Å². The molecular formula is C21H21N3O6S. The number of hydrogen-bond donors (Lipinski definition) is 2. The Balaban J connectivity index is 1.46. The number of allylic oxidation sites excluding steroid dienone is 1. The number of carboxylic acids is 1. The number of hydrogen-bond acceptors (Lipinski definition) is 7. The first-order chi connectivity index (χ1) is 14.8. The first-order valence-corrected chi connectivity index (χ1v) is 10.8. The average molecular weight is 443 g/mol. The van der Waals surface area contributed by atoms with Gasteiger partial charge in [0.05, 0.1) is 18.9 Å². The van der Waals surface area contributed by atoms with Crippen LogP contribution < -0.4 is 5.32 Å². The highest BCUT2D eigenvalue weighted by Gasteiger charge is 2.53. The number of carbonyl (C=O) groups excluding carboxylic acids is 3. The predicted molar refractivity (Wildman–Crippen MR) is 111 cm³/mol. The SMILES string of the molecule is CN1OC(=O)CC1C=CC1=C(C(=O)O)N2C(=O)C(NC(=O)Cc3ccccc3)[C@H]2SC1. The summed E-state index contributed by atoms with van der Waals surface area (Å²) in [5.41, 5.74) is 1.22. The Morgan fingerprint density at radius 1 is 1.29 bits per heavy atom. The number of carboxylic acid groups (broad SMARTS) is 1. The number of nitrogens with zero attached hydrogens (tertiary/aromatic N) is 2. The van der Waals surface area contributed by atoms with Crippen molar-refractivity contribution >= 4 is 35.5 Å². The van der Waals surface area contributed by atoms with Gasteiger partial charge in [0.1, 0.15) is 17.1 Å². The van der Waals surface area contributed by atoms with Crippen LogP contribution in [0.4, 0.5) is 0 Å². The molecule has 31 heavy (non-hydrogen) atoms. The predicted octanol–water partition coefficient (Wildman–Crippen LogP) is 0.686. The van der Waals surface area contributed by atoms with E-state index >= 15 is 0 Å². The van der Waals surface area contributed by atoms with Crippen molar-refractivity contribution in [2.24, 2.45) is 0 Å². The summed E-state index contributed by atoms with van der Waals surface area (Å²) in [5.74, 6) is -1.93. The minimum absolute atomic E-state index is 0.0912. The lowest BCUT2D eigenvalue weighted by molar-refractivity contribution is -0.167. The molecule has 2 saturated heterocycles. The Morgan fingerprint density at radius 2 is 2.03 bits per heavy atom. The molecule has 0 spiro atoms. The number of fused-ring (bicyclic) bond motifs is 1. The van der Waals surface area contributed by atoms with E-state index in [0.29, 0.717) is 11.3 Å². The molecule has 2 unspecified atom stereocenters. The Morgan fingerprint density at radius 3 is 2.68 bits per heavy atom. The lowest BCUT2D eigenvalue weighted by Crippen LogP contribution is -2.70. The minimum Gasteiger partial charge on any atom is -0.477 e. The fourth-order valence-corrected chi connectivity index (χ4v) is 5.08. The van der Waals surface area contributed by atoms with Crippen molar-refractivity contribution in [3.63, 3.8) is 0 Å². The third kappa shape index (κ3) is 4.21. The summed E-state index contributed by atoms with van der Waals surface area (Å²) in [4.78, 5) is 54.5. The Labute approximate surface area is 182 Å². The normalized spacial score (nSPS) is 26.0. The maximum Gasteiger partial charge on any atom is 0.352 e. The first-order valence-electron chi connectivity index (χ1n) is 9.71. The topological polar surface area (TPSA) is 116 Å².